The van der Waals surface area contributed by atoms with Crippen molar-refractivity contribution >= 4 is 23.3 Å². The van der Waals surface area contributed by atoms with Crippen LogP contribution in [0.1, 0.15) is 154 Å². The summed E-state index contributed by atoms with van der Waals surface area (Å²) in [5.41, 5.74) is 5.95. The SMILES string of the molecule is CCCCCCC/C=C/CCCc1ccccc1/N=C(\C=N\c1ccccc1CCC/C=C/CCCCCCC)CCCC.[Ni]. The minimum Gasteiger partial charge on any atom is -0.255 e. The third kappa shape index (κ3) is 20.5. The Hall–Kier alpha value is -2.25. The van der Waals surface area contributed by atoms with Crippen molar-refractivity contribution in [3.05, 3.63) is 84.0 Å². The Kier molecular flexibility index (Phi) is 26.4. The van der Waals surface area contributed by atoms with Gasteiger partial charge in [-0.05, 0) is 100 Å². The smallest absolute Gasteiger partial charge is 0.0665 e. The summed E-state index contributed by atoms with van der Waals surface area (Å²) in [6, 6.07) is 17.3. The topological polar surface area (TPSA) is 24.7 Å². The number of unbranched alkanes of at least 4 members (excludes halogenated alkanes) is 13. The second-order valence-electron chi connectivity index (χ2n) is 12.4. The molecule has 0 aliphatic rings. The summed E-state index contributed by atoms with van der Waals surface area (Å²) in [4.78, 5) is 10.2. The molecule has 0 N–H and O–H groups in total. The van der Waals surface area contributed by atoms with Crippen molar-refractivity contribution < 1.29 is 16.5 Å². The van der Waals surface area contributed by atoms with Crippen LogP contribution in [0.25, 0.3) is 0 Å². The monoisotopic (exact) mass is 654 g/mol. The van der Waals surface area contributed by atoms with Gasteiger partial charge in [-0.25, -0.2) is 0 Å². The van der Waals surface area contributed by atoms with Crippen LogP contribution in [0.3, 0.4) is 0 Å². The quantitative estimate of drug-likeness (QED) is 0.0417. The van der Waals surface area contributed by atoms with Gasteiger partial charge in [0, 0.05) is 22.7 Å². The van der Waals surface area contributed by atoms with Gasteiger partial charge in [0.2, 0.25) is 0 Å². The predicted molar refractivity (Wildman–Crippen MR) is 199 cm³/mol. The maximum absolute atomic E-state index is 5.17. The Morgan fingerprint density at radius 1 is 0.511 bits per heavy atom. The first-order valence-corrected chi connectivity index (χ1v) is 18.4. The van der Waals surface area contributed by atoms with Crippen LogP contribution in [0, 0.1) is 0 Å². The molecule has 0 spiro atoms. The Labute approximate surface area is 288 Å². The Morgan fingerprint density at radius 2 is 0.956 bits per heavy atom. The number of benzene rings is 2. The summed E-state index contributed by atoms with van der Waals surface area (Å²) >= 11 is 0. The Balaban J connectivity index is 0.0000101. The van der Waals surface area contributed by atoms with Gasteiger partial charge in [0.05, 0.1) is 17.1 Å². The fraction of sp³-hybridized carbons (Fsp3) is 0.571. The van der Waals surface area contributed by atoms with E-state index >= 15 is 0 Å². The van der Waals surface area contributed by atoms with E-state index in [2.05, 4.69) is 93.6 Å². The average molecular weight is 656 g/mol. The molecule has 0 saturated carbocycles. The number of rotatable bonds is 26. The van der Waals surface area contributed by atoms with Crippen LogP contribution in [0.2, 0.25) is 0 Å². The van der Waals surface area contributed by atoms with Crippen LogP contribution in [0.5, 0.6) is 0 Å². The van der Waals surface area contributed by atoms with Crippen molar-refractivity contribution in [2.45, 2.75) is 156 Å². The molecule has 45 heavy (non-hydrogen) atoms. The van der Waals surface area contributed by atoms with E-state index in [9.17, 15) is 0 Å². The standard InChI is InChI=1S/C42H64N2.Ni/c1-4-7-10-12-14-16-18-20-22-24-30-38-32-26-28-35-41(38)43-37-40(34-9-6-3)44-42-36-29-27-33-39(42)31-25-23-21-19-17-15-13-11-8-5-2;/h18-21,26-29,32-33,35-37H,4-17,22-25,30-31,34H2,1-3H3;/b20-18+,21-19+,43-37+,44-40-;. The number of para-hydroxylation sites is 2. The summed E-state index contributed by atoms with van der Waals surface area (Å²) in [6.45, 7) is 6.81. The molecule has 0 aromatic heterocycles. The molecule has 0 unspecified atom stereocenters. The number of hydrogen-bond donors (Lipinski definition) is 0. The van der Waals surface area contributed by atoms with E-state index in [0.29, 0.717) is 0 Å². The first kappa shape index (κ1) is 40.8. The van der Waals surface area contributed by atoms with Gasteiger partial charge >= 0.3 is 0 Å². The minimum absolute atomic E-state index is 0. The third-order valence-electron chi connectivity index (χ3n) is 8.30. The molecule has 0 aliphatic carbocycles. The molecule has 0 fully saturated rings. The molecule has 2 rings (SSSR count). The van der Waals surface area contributed by atoms with Gasteiger partial charge in [0.15, 0.2) is 0 Å². The third-order valence-corrected chi connectivity index (χ3v) is 8.30. The Morgan fingerprint density at radius 3 is 1.49 bits per heavy atom. The molecule has 2 aromatic carbocycles. The first-order valence-electron chi connectivity index (χ1n) is 18.4. The predicted octanol–water partition coefficient (Wildman–Crippen LogP) is 13.8. The summed E-state index contributed by atoms with van der Waals surface area (Å²) in [5, 5.41) is 0. The number of hydrogen-bond acceptors (Lipinski definition) is 2. The fourth-order valence-corrected chi connectivity index (χ4v) is 5.51. The largest absolute Gasteiger partial charge is 0.255 e. The molecule has 0 heterocycles. The summed E-state index contributed by atoms with van der Waals surface area (Å²) in [6.07, 6.45) is 37.6. The van der Waals surface area contributed by atoms with Crippen LogP contribution < -0.4 is 0 Å². The summed E-state index contributed by atoms with van der Waals surface area (Å²) in [7, 11) is 0. The van der Waals surface area contributed by atoms with Crippen molar-refractivity contribution in [2.24, 2.45) is 9.98 Å². The van der Waals surface area contributed by atoms with E-state index in [-0.39, 0.29) is 16.5 Å². The van der Waals surface area contributed by atoms with E-state index in [1.807, 2.05) is 6.21 Å². The van der Waals surface area contributed by atoms with Gasteiger partial charge in [-0.3, -0.25) is 9.98 Å². The second kappa shape index (κ2) is 29.2. The second-order valence-corrected chi connectivity index (χ2v) is 12.4. The molecule has 0 aliphatic heterocycles. The van der Waals surface area contributed by atoms with E-state index in [1.165, 1.54) is 94.6 Å². The normalized spacial score (nSPS) is 12.1. The molecule has 3 heteroatoms. The first-order chi connectivity index (χ1) is 21.8. The fourth-order valence-electron chi connectivity index (χ4n) is 5.51. The van der Waals surface area contributed by atoms with Gasteiger partial charge in [0.1, 0.15) is 0 Å². The minimum atomic E-state index is 0. The summed E-state index contributed by atoms with van der Waals surface area (Å²) < 4.78 is 0. The zero-order chi connectivity index (χ0) is 31.3. The van der Waals surface area contributed by atoms with Gasteiger partial charge in [-0.2, -0.15) is 0 Å². The van der Waals surface area contributed by atoms with Crippen molar-refractivity contribution in [1.82, 2.24) is 0 Å². The van der Waals surface area contributed by atoms with Crippen LogP contribution in [0.4, 0.5) is 11.4 Å². The molecule has 252 valence electrons. The van der Waals surface area contributed by atoms with E-state index in [0.717, 1.165) is 68.5 Å². The molecule has 2 nitrogen and oxygen atoms in total. The average Bonchev–Trinajstić information content (AvgIpc) is 3.05. The molecular formula is C42H64N2Ni. The van der Waals surface area contributed by atoms with Crippen LogP contribution in [-0.4, -0.2) is 11.9 Å². The molecule has 0 atom stereocenters. The van der Waals surface area contributed by atoms with E-state index in [1.54, 1.807) is 0 Å². The maximum Gasteiger partial charge on any atom is 0.0665 e. The maximum atomic E-state index is 5.17. The van der Waals surface area contributed by atoms with Crippen LogP contribution >= 0.6 is 0 Å². The zero-order valence-corrected chi connectivity index (χ0v) is 30.1. The number of nitrogens with zero attached hydrogens (tertiary/aromatic N) is 2. The van der Waals surface area contributed by atoms with Gasteiger partial charge in [-0.15, -0.1) is 0 Å². The van der Waals surface area contributed by atoms with Crippen molar-refractivity contribution in [2.75, 3.05) is 0 Å². The van der Waals surface area contributed by atoms with Crippen molar-refractivity contribution in [3.8, 4) is 0 Å². The van der Waals surface area contributed by atoms with Gasteiger partial charge < -0.3 is 0 Å². The van der Waals surface area contributed by atoms with Gasteiger partial charge in [0.25, 0.3) is 0 Å². The molecule has 0 bridgehead atoms. The van der Waals surface area contributed by atoms with Crippen molar-refractivity contribution in [3.63, 3.8) is 0 Å². The van der Waals surface area contributed by atoms with Crippen LogP contribution in [-0.2, 0) is 29.3 Å². The Bertz CT molecular complexity index is 1100. The van der Waals surface area contributed by atoms with Crippen LogP contribution in [0.15, 0.2) is 82.8 Å². The molecule has 2 aromatic rings. The summed E-state index contributed by atoms with van der Waals surface area (Å²) in [5.74, 6) is 0. The molecule has 0 amide bonds. The zero-order valence-electron chi connectivity index (χ0n) is 29.1. The number of allylic oxidation sites excluding steroid dienone is 4. The molecule has 0 radical (unpaired) electrons. The molecule has 0 saturated heterocycles. The van der Waals surface area contributed by atoms with E-state index < -0.39 is 0 Å². The van der Waals surface area contributed by atoms with Crippen molar-refractivity contribution in [1.29, 1.82) is 0 Å². The number of aryl methyl sites for hydroxylation is 2. The van der Waals surface area contributed by atoms with E-state index in [4.69, 9.17) is 9.98 Å². The van der Waals surface area contributed by atoms with Gasteiger partial charge in [-0.1, -0.05) is 139 Å². The number of aliphatic imine (C=N–C) groups is 2. The molecular weight excluding hydrogens is 591 g/mol.